The van der Waals surface area contributed by atoms with Crippen molar-refractivity contribution in [2.24, 2.45) is 5.10 Å². The van der Waals surface area contributed by atoms with E-state index in [-0.39, 0.29) is 0 Å². The molecule has 1 amide bonds. The summed E-state index contributed by atoms with van der Waals surface area (Å²) in [5.41, 5.74) is 2.42. The number of benzene rings is 2. The van der Waals surface area contributed by atoms with E-state index in [1.54, 1.807) is 24.3 Å². The molecule has 0 bridgehead atoms. The first-order valence-corrected chi connectivity index (χ1v) is 6.02. The molecule has 0 saturated heterocycles. The van der Waals surface area contributed by atoms with Gasteiger partial charge in [0.15, 0.2) is 0 Å². The Hall–Kier alpha value is -2.76. The third kappa shape index (κ3) is 3.85. The van der Waals surface area contributed by atoms with E-state index in [1.807, 2.05) is 0 Å². The molecule has 6 heteroatoms. The van der Waals surface area contributed by atoms with Crippen LogP contribution in [0, 0.1) is 11.6 Å². The molecule has 0 fully saturated rings. The zero-order chi connectivity index (χ0) is 15.2. The first-order valence-electron chi connectivity index (χ1n) is 6.02. The Labute approximate surface area is 120 Å². The molecule has 2 aromatic rings. The van der Waals surface area contributed by atoms with Crippen LogP contribution in [-0.2, 0) is 0 Å². The van der Waals surface area contributed by atoms with Crippen molar-refractivity contribution in [2.75, 3.05) is 7.11 Å². The summed E-state index contributed by atoms with van der Waals surface area (Å²) in [6.07, 6.45) is 1.37. The van der Waals surface area contributed by atoms with Gasteiger partial charge in [-0.15, -0.1) is 0 Å². The van der Waals surface area contributed by atoms with E-state index >= 15 is 0 Å². The Morgan fingerprint density at radius 2 is 2.05 bits per heavy atom. The number of rotatable bonds is 4. The SMILES string of the molecule is COc1cccc(/C=N/NC(=O)c2cc(F)ccc2F)c1. The molecular weight excluding hydrogens is 278 g/mol. The molecule has 0 unspecified atom stereocenters. The van der Waals surface area contributed by atoms with Gasteiger partial charge in [0.1, 0.15) is 17.4 Å². The molecule has 0 atom stereocenters. The largest absolute Gasteiger partial charge is 0.497 e. The number of carbonyl (C=O) groups is 1. The number of hydrogen-bond donors (Lipinski definition) is 1. The predicted octanol–water partition coefficient (Wildman–Crippen LogP) is 2.74. The summed E-state index contributed by atoms with van der Waals surface area (Å²) in [5.74, 6) is -1.70. The summed E-state index contributed by atoms with van der Waals surface area (Å²) in [7, 11) is 1.53. The zero-order valence-corrected chi connectivity index (χ0v) is 11.1. The zero-order valence-electron chi connectivity index (χ0n) is 11.1. The number of nitrogens with one attached hydrogen (secondary N) is 1. The van der Waals surface area contributed by atoms with E-state index in [9.17, 15) is 13.6 Å². The van der Waals surface area contributed by atoms with Gasteiger partial charge in [-0.3, -0.25) is 4.79 Å². The molecule has 2 rings (SSSR count). The summed E-state index contributed by atoms with van der Waals surface area (Å²) in [5, 5.41) is 3.69. The number of hydrogen-bond acceptors (Lipinski definition) is 3. The number of methoxy groups -OCH3 is 1. The molecule has 0 aliphatic carbocycles. The highest BCUT2D eigenvalue weighted by atomic mass is 19.1. The Kier molecular flexibility index (Phi) is 4.61. The van der Waals surface area contributed by atoms with Gasteiger partial charge in [-0.25, -0.2) is 14.2 Å². The highest BCUT2D eigenvalue weighted by Crippen LogP contribution is 2.11. The third-order valence-corrected chi connectivity index (χ3v) is 2.65. The molecule has 0 aliphatic heterocycles. The number of halogens is 2. The number of ether oxygens (including phenoxy) is 1. The van der Waals surface area contributed by atoms with Crippen LogP contribution in [0.5, 0.6) is 5.75 Å². The van der Waals surface area contributed by atoms with E-state index in [4.69, 9.17) is 4.74 Å². The molecule has 21 heavy (non-hydrogen) atoms. The van der Waals surface area contributed by atoms with Gasteiger partial charge in [0.05, 0.1) is 18.9 Å². The van der Waals surface area contributed by atoms with Crippen LogP contribution < -0.4 is 10.2 Å². The van der Waals surface area contributed by atoms with Gasteiger partial charge in [-0.1, -0.05) is 12.1 Å². The molecule has 0 saturated carbocycles. The Morgan fingerprint density at radius 3 is 2.81 bits per heavy atom. The minimum atomic E-state index is -0.828. The van der Waals surface area contributed by atoms with E-state index in [0.29, 0.717) is 11.3 Å². The summed E-state index contributed by atoms with van der Waals surface area (Å²) in [6.45, 7) is 0. The fraction of sp³-hybridized carbons (Fsp3) is 0.0667. The van der Waals surface area contributed by atoms with Crippen molar-refractivity contribution in [2.45, 2.75) is 0 Å². The molecule has 2 aromatic carbocycles. The van der Waals surface area contributed by atoms with E-state index in [1.165, 1.54) is 13.3 Å². The van der Waals surface area contributed by atoms with Gasteiger partial charge >= 0.3 is 0 Å². The maximum atomic E-state index is 13.4. The van der Waals surface area contributed by atoms with Crippen LogP contribution in [0.3, 0.4) is 0 Å². The van der Waals surface area contributed by atoms with Crippen molar-refractivity contribution in [3.8, 4) is 5.75 Å². The first kappa shape index (κ1) is 14.6. The molecule has 0 spiro atoms. The van der Waals surface area contributed by atoms with Crippen LogP contribution in [0.25, 0.3) is 0 Å². The van der Waals surface area contributed by atoms with Crippen molar-refractivity contribution < 1.29 is 18.3 Å². The normalized spacial score (nSPS) is 10.6. The Balaban J connectivity index is 2.06. The van der Waals surface area contributed by atoms with Crippen molar-refractivity contribution in [3.05, 3.63) is 65.2 Å². The second kappa shape index (κ2) is 6.60. The molecule has 0 radical (unpaired) electrons. The highest BCUT2D eigenvalue weighted by molar-refractivity contribution is 5.95. The monoisotopic (exact) mass is 290 g/mol. The average Bonchev–Trinajstić information content (AvgIpc) is 2.49. The van der Waals surface area contributed by atoms with Crippen LogP contribution in [0.1, 0.15) is 15.9 Å². The van der Waals surface area contributed by atoms with Crippen LogP contribution >= 0.6 is 0 Å². The fourth-order valence-corrected chi connectivity index (χ4v) is 1.62. The first-order chi connectivity index (χ1) is 10.1. The minimum absolute atomic E-state index is 0.405. The van der Waals surface area contributed by atoms with Crippen LogP contribution in [-0.4, -0.2) is 19.2 Å². The summed E-state index contributed by atoms with van der Waals surface area (Å²) in [4.78, 5) is 11.7. The molecular formula is C15H12F2N2O2. The van der Waals surface area contributed by atoms with Crippen molar-refractivity contribution in [1.29, 1.82) is 0 Å². The van der Waals surface area contributed by atoms with Gasteiger partial charge in [0.2, 0.25) is 0 Å². The predicted molar refractivity (Wildman–Crippen MR) is 74.4 cm³/mol. The lowest BCUT2D eigenvalue weighted by Gasteiger charge is -2.02. The summed E-state index contributed by atoms with van der Waals surface area (Å²) < 4.78 is 31.4. The maximum absolute atomic E-state index is 13.4. The van der Waals surface area contributed by atoms with Crippen LogP contribution in [0.4, 0.5) is 8.78 Å². The smallest absolute Gasteiger partial charge is 0.274 e. The third-order valence-electron chi connectivity index (χ3n) is 2.65. The van der Waals surface area contributed by atoms with Gasteiger partial charge in [-0.2, -0.15) is 5.10 Å². The maximum Gasteiger partial charge on any atom is 0.274 e. The van der Waals surface area contributed by atoms with E-state index in [2.05, 4.69) is 10.5 Å². The van der Waals surface area contributed by atoms with Crippen LogP contribution in [0.15, 0.2) is 47.6 Å². The van der Waals surface area contributed by atoms with E-state index < -0.39 is 23.1 Å². The average molecular weight is 290 g/mol. The van der Waals surface area contributed by atoms with Crippen molar-refractivity contribution in [3.63, 3.8) is 0 Å². The standard InChI is InChI=1S/C15H12F2N2O2/c1-21-12-4-2-3-10(7-12)9-18-19-15(20)13-8-11(16)5-6-14(13)17/h2-9H,1H3,(H,19,20)/b18-9+. The van der Waals surface area contributed by atoms with Gasteiger partial charge in [0.25, 0.3) is 5.91 Å². The molecule has 0 aromatic heterocycles. The molecule has 108 valence electrons. The Morgan fingerprint density at radius 1 is 1.24 bits per heavy atom. The number of hydrazone groups is 1. The topological polar surface area (TPSA) is 50.7 Å². The molecule has 4 nitrogen and oxygen atoms in total. The molecule has 0 aliphatic rings. The highest BCUT2D eigenvalue weighted by Gasteiger charge is 2.11. The number of carbonyl (C=O) groups excluding carboxylic acids is 1. The number of amides is 1. The van der Waals surface area contributed by atoms with Crippen molar-refractivity contribution >= 4 is 12.1 Å². The van der Waals surface area contributed by atoms with Gasteiger partial charge in [0, 0.05) is 0 Å². The second-order valence-corrected chi connectivity index (χ2v) is 4.10. The second-order valence-electron chi connectivity index (χ2n) is 4.10. The van der Waals surface area contributed by atoms with Crippen molar-refractivity contribution in [1.82, 2.24) is 5.43 Å². The number of nitrogens with zero attached hydrogens (tertiary/aromatic N) is 1. The minimum Gasteiger partial charge on any atom is -0.497 e. The lowest BCUT2D eigenvalue weighted by atomic mass is 10.2. The summed E-state index contributed by atoms with van der Waals surface area (Å²) in [6, 6.07) is 9.61. The summed E-state index contributed by atoms with van der Waals surface area (Å²) >= 11 is 0. The van der Waals surface area contributed by atoms with Crippen LogP contribution in [0.2, 0.25) is 0 Å². The lowest BCUT2D eigenvalue weighted by molar-refractivity contribution is 0.0950. The lowest BCUT2D eigenvalue weighted by Crippen LogP contribution is -2.19. The molecule has 1 N–H and O–H groups in total. The van der Waals surface area contributed by atoms with Gasteiger partial charge < -0.3 is 4.74 Å². The quantitative estimate of drug-likeness (QED) is 0.695. The molecule has 0 heterocycles. The fourth-order valence-electron chi connectivity index (χ4n) is 1.62. The van der Waals surface area contributed by atoms with E-state index in [0.717, 1.165) is 18.2 Å². The Bertz CT molecular complexity index is 687. The van der Waals surface area contributed by atoms with Gasteiger partial charge in [-0.05, 0) is 35.9 Å².